The number of rotatable bonds is 8. The number of amides is 1. The van der Waals surface area contributed by atoms with E-state index in [9.17, 15) is 4.79 Å². The van der Waals surface area contributed by atoms with Gasteiger partial charge in [0, 0.05) is 16.3 Å². The van der Waals surface area contributed by atoms with Gasteiger partial charge in [-0.05, 0) is 36.4 Å². The van der Waals surface area contributed by atoms with Crippen molar-refractivity contribution >= 4 is 35.2 Å². The topological polar surface area (TPSA) is 104 Å². The molecule has 2 aromatic carbocycles. The summed E-state index contributed by atoms with van der Waals surface area (Å²) < 4.78 is 12.1. The van der Waals surface area contributed by atoms with Crippen molar-refractivity contribution in [3.05, 3.63) is 65.7 Å². The summed E-state index contributed by atoms with van der Waals surface area (Å²) in [6.07, 6.45) is 0. The second-order valence-electron chi connectivity index (χ2n) is 6.60. The van der Waals surface area contributed by atoms with Gasteiger partial charge in [0.15, 0.2) is 11.0 Å². The number of benzene rings is 2. The van der Waals surface area contributed by atoms with Crippen molar-refractivity contribution in [1.29, 1.82) is 0 Å². The molecule has 0 saturated carbocycles. The smallest absolute Gasteiger partial charge is 0.237 e. The molecule has 0 saturated heterocycles. The molecule has 0 fully saturated rings. The first-order valence-corrected chi connectivity index (χ1v) is 11.1. The Hall–Kier alpha value is -3.63. The van der Waals surface area contributed by atoms with Gasteiger partial charge in [-0.2, -0.15) is 9.97 Å². The van der Waals surface area contributed by atoms with Crippen LogP contribution in [0.25, 0.3) is 17.1 Å². The molecular formula is C22H19ClN6O3S. The third-order valence-electron chi connectivity index (χ3n) is 4.43. The highest BCUT2D eigenvalue weighted by Crippen LogP contribution is 2.29. The molecule has 0 spiro atoms. The maximum atomic E-state index is 12.6. The second kappa shape index (κ2) is 10.3. The molecule has 4 rings (SSSR count). The largest absolute Gasteiger partial charge is 0.481 e. The highest BCUT2D eigenvalue weighted by molar-refractivity contribution is 7.99. The van der Waals surface area contributed by atoms with Crippen molar-refractivity contribution in [2.45, 2.75) is 5.16 Å². The molecule has 0 aliphatic rings. The van der Waals surface area contributed by atoms with Gasteiger partial charge in [-0.3, -0.25) is 14.7 Å². The monoisotopic (exact) mass is 482 g/mol. The van der Waals surface area contributed by atoms with Crippen molar-refractivity contribution in [2.75, 3.05) is 25.3 Å². The first-order chi connectivity index (χ1) is 16.1. The Labute approximate surface area is 199 Å². The Morgan fingerprint density at radius 1 is 1.00 bits per heavy atom. The number of aromatic nitrogens is 5. The van der Waals surface area contributed by atoms with Gasteiger partial charge < -0.3 is 9.47 Å². The van der Waals surface area contributed by atoms with Crippen LogP contribution in [-0.2, 0) is 4.79 Å². The van der Waals surface area contributed by atoms with Gasteiger partial charge in [0.25, 0.3) is 0 Å². The molecule has 1 amide bonds. The maximum absolute atomic E-state index is 12.6. The van der Waals surface area contributed by atoms with Crippen LogP contribution in [0.15, 0.2) is 65.8 Å². The van der Waals surface area contributed by atoms with Crippen LogP contribution in [0.2, 0.25) is 5.02 Å². The summed E-state index contributed by atoms with van der Waals surface area (Å²) in [5.41, 5.74) is 1.72. The molecule has 9 nitrogen and oxygen atoms in total. The minimum Gasteiger partial charge on any atom is -0.481 e. The molecule has 2 heterocycles. The lowest BCUT2D eigenvalue weighted by Gasteiger charge is -2.10. The first kappa shape index (κ1) is 22.6. The molecule has 33 heavy (non-hydrogen) atoms. The van der Waals surface area contributed by atoms with Crippen molar-refractivity contribution in [1.82, 2.24) is 24.7 Å². The summed E-state index contributed by atoms with van der Waals surface area (Å²) in [4.78, 5) is 20.8. The SMILES string of the molecule is COc1cc(OC)nc(NC(=O)CSc2nnc(-c3ccc(Cl)cc3)n2-c2ccccc2)n1. The Kier molecular flexibility index (Phi) is 7.06. The Balaban J connectivity index is 1.56. The quantitative estimate of drug-likeness (QED) is 0.374. The van der Waals surface area contributed by atoms with Crippen LogP contribution < -0.4 is 14.8 Å². The molecule has 0 atom stereocenters. The number of hydrogen-bond acceptors (Lipinski definition) is 8. The zero-order valence-electron chi connectivity index (χ0n) is 17.7. The number of thioether (sulfide) groups is 1. The van der Waals surface area contributed by atoms with Gasteiger partial charge in [0.2, 0.25) is 23.6 Å². The van der Waals surface area contributed by atoms with Crippen LogP contribution in [0.5, 0.6) is 11.8 Å². The Bertz CT molecular complexity index is 1230. The molecule has 0 aliphatic carbocycles. The minimum absolute atomic E-state index is 0.0640. The zero-order valence-corrected chi connectivity index (χ0v) is 19.3. The minimum atomic E-state index is -0.314. The van der Waals surface area contributed by atoms with Gasteiger partial charge >= 0.3 is 0 Å². The molecule has 1 N–H and O–H groups in total. The molecule has 168 valence electrons. The van der Waals surface area contributed by atoms with E-state index < -0.39 is 0 Å². The molecular weight excluding hydrogens is 464 g/mol. The lowest BCUT2D eigenvalue weighted by atomic mass is 10.2. The lowest BCUT2D eigenvalue weighted by Crippen LogP contribution is -2.17. The van der Waals surface area contributed by atoms with E-state index in [1.807, 2.05) is 47.0 Å². The predicted octanol–water partition coefficient (Wildman–Crippen LogP) is 4.13. The van der Waals surface area contributed by atoms with E-state index in [1.165, 1.54) is 32.0 Å². The highest BCUT2D eigenvalue weighted by atomic mass is 35.5. The van der Waals surface area contributed by atoms with Gasteiger partial charge in [-0.1, -0.05) is 41.6 Å². The van der Waals surface area contributed by atoms with Crippen LogP contribution in [0, 0.1) is 0 Å². The number of ether oxygens (including phenoxy) is 2. The van der Waals surface area contributed by atoms with E-state index in [4.69, 9.17) is 21.1 Å². The van der Waals surface area contributed by atoms with Crippen LogP contribution in [-0.4, -0.2) is 50.6 Å². The van der Waals surface area contributed by atoms with Gasteiger partial charge in [-0.15, -0.1) is 10.2 Å². The highest BCUT2D eigenvalue weighted by Gasteiger charge is 2.18. The van der Waals surface area contributed by atoms with E-state index in [0.29, 0.717) is 16.0 Å². The fraction of sp³-hybridized carbons (Fsp3) is 0.136. The summed E-state index contributed by atoms with van der Waals surface area (Å²) in [5, 5.41) is 12.5. The number of carbonyl (C=O) groups excluding carboxylic acids is 1. The number of anilines is 1. The molecule has 2 aromatic heterocycles. The number of methoxy groups -OCH3 is 2. The fourth-order valence-corrected chi connectivity index (χ4v) is 3.80. The van der Waals surface area contributed by atoms with Crippen molar-refractivity contribution in [3.63, 3.8) is 0 Å². The Morgan fingerprint density at radius 3 is 2.30 bits per heavy atom. The van der Waals surface area contributed by atoms with Crippen LogP contribution >= 0.6 is 23.4 Å². The maximum Gasteiger partial charge on any atom is 0.237 e. The van der Waals surface area contributed by atoms with Gasteiger partial charge in [0.05, 0.1) is 26.0 Å². The molecule has 0 bridgehead atoms. The van der Waals surface area contributed by atoms with Gasteiger partial charge in [0.1, 0.15) is 0 Å². The van der Waals surface area contributed by atoms with E-state index in [0.717, 1.165) is 11.3 Å². The third kappa shape index (κ3) is 5.41. The molecule has 4 aromatic rings. The average molecular weight is 483 g/mol. The fourth-order valence-electron chi connectivity index (χ4n) is 2.92. The van der Waals surface area contributed by atoms with E-state index >= 15 is 0 Å². The standard InChI is InChI=1S/C22H19ClN6O3S/c1-31-18-12-19(32-2)26-21(25-18)24-17(30)13-33-22-28-27-20(14-8-10-15(23)11-9-14)29(22)16-6-4-3-5-7-16/h3-12H,13H2,1-2H3,(H,24,25,26,30). The first-order valence-electron chi connectivity index (χ1n) is 9.74. The second-order valence-corrected chi connectivity index (χ2v) is 7.98. The number of hydrogen-bond donors (Lipinski definition) is 1. The van der Waals surface area contributed by atoms with E-state index in [2.05, 4.69) is 25.5 Å². The molecule has 11 heteroatoms. The van der Waals surface area contributed by atoms with Crippen molar-refractivity contribution in [2.24, 2.45) is 0 Å². The third-order valence-corrected chi connectivity index (χ3v) is 5.61. The summed E-state index contributed by atoms with van der Waals surface area (Å²) in [5.74, 6) is 1.03. The van der Waals surface area contributed by atoms with Crippen LogP contribution in [0.1, 0.15) is 0 Å². The molecule has 0 unspecified atom stereocenters. The summed E-state index contributed by atoms with van der Waals surface area (Å²) in [7, 11) is 2.94. The zero-order chi connectivity index (χ0) is 23.2. The van der Waals surface area contributed by atoms with Crippen LogP contribution in [0.3, 0.4) is 0 Å². The Morgan fingerprint density at radius 2 is 1.67 bits per heavy atom. The number of nitrogens with zero attached hydrogens (tertiary/aromatic N) is 5. The normalized spacial score (nSPS) is 10.6. The van der Waals surface area contributed by atoms with Crippen molar-refractivity contribution in [3.8, 4) is 28.8 Å². The summed E-state index contributed by atoms with van der Waals surface area (Å²) in [6, 6.07) is 18.5. The molecule has 0 aliphatic heterocycles. The van der Waals surface area contributed by atoms with E-state index in [-0.39, 0.29) is 29.4 Å². The number of nitrogens with one attached hydrogen (secondary N) is 1. The van der Waals surface area contributed by atoms with Crippen molar-refractivity contribution < 1.29 is 14.3 Å². The van der Waals surface area contributed by atoms with E-state index in [1.54, 1.807) is 12.1 Å². The number of halogens is 1. The lowest BCUT2D eigenvalue weighted by molar-refractivity contribution is -0.113. The van der Waals surface area contributed by atoms with Crippen LogP contribution in [0.4, 0.5) is 5.95 Å². The summed E-state index contributed by atoms with van der Waals surface area (Å²) in [6.45, 7) is 0. The predicted molar refractivity (Wildman–Crippen MR) is 126 cm³/mol. The van der Waals surface area contributed by atoms with Gasteiger partial charge in [-0.25, -0.2) is 0 Å². The summed E-state index contributed by atoms with van der Waals surface area (Å²) >= 11 is 7.27. The number of carbonyl (C=O) groups is 1. The molecule has 0 radical (unpaired) electrons. The number of para-hydroxylation sites is 1. The average Bonchev–Trinajstić information content (AvgIpc) is 3.27.